The minimum Gasteiger partial charge on any atom is -0.159 e. The van der Waals surface area contributed by atoms with E-state index in [9.17, 15) is 0 Å². The zero-order valence-corrected chi connectivity index (χ0v) is 11.5. The van der Waals surface area contributed by atoms with Gasteiger partial charge in [0, 0.05) is 0 Å². The molecule has 17 heavy (non-hydrogen) atoms. The molecule has 2 nitrogen and oxygen atoms in total. The molecule has 0 aromatic rings. The molecule has 1 rings (SSSR count). The summed E-state index contributed by atoms with van der Waals surface area (Å²) in [5.41, 5.74) is 6.73. The van der Waals surface area contributed by atoms with E-state index >= 15 is 0 Å². The van der Waals surface area contributed by atoms with E-state index < -0.39 is 0 Å². The molecule has 97 valence electrons. The zero-order valence-electron chi connectivity index (χ0n) is 11.5. The monoisotopic (exact) mass is 235 g/mol. The van der Waals surface area contributed by atoms with Crippen LogP contribution in [-0.4, -0.2) is 5.71 Å². The van der Waals surface area contributed by atoms with Crippen molar-refractivity contribution in [3.05, 3.63) is 11.8 Å². The summed E-state index contributed by atoms with van der Waals surface area (Å²) in [5.74, 6) is 0. The van der Waals surface area contributed by atoms with Gasteiger partial charge in [0.05, 0.1) is 11.9 Å². The van der Waals surface area contributed by atoms with Crippen LogP contribution in [0.15, 0.2) is 16.9 Å². The fourth-order valence-corrected chi connectivity index (χ4v) is 2.19. The van der Waals surface area contributed by atoms with E-state index in [-0.39, 0.29) is 0 Å². The SMILES string of the molecule is CCCCCCC1=C[N]N=C1CCCCCC. The second-order valence-electron chi connectivity index (χ2n) is 4.94. The predicted octanol–water partition coefficient (Wildman–Crippen LogP) is 4.79. The predicted molar refractivity (Wildman–Crippen MR) is 75.2 cm³/mol. The molecule has 1 radical (unpaired) electrons. The van der Waals surface area contributed by atoms with Crippen molar-refractivity contribution in [2.75, 3.05) is 0 Å². The zero-order chi connectivity index (χ0) is 12.3. The molecule has 0 amide bonds. The minimum absolute atomic E-state index is 1.13. The molecule has 0 aromatic heterocycles. The summed E-state index contributed by atoms with van der Waals surface area (Å²) in [6, 6.07) is 0. The molecule has 0 spiro atoms. The molecule has 0 fully saturated rings. The number of rotatable bonds is 10. The first-order valence-corrected chi connectivity index (χ1v) is 7.34. The quantitative estimate of drug-likeness (QED) is 0.487. The van der Waals surface area contributed by atoms with Crippen molar-refractivity contribution < 1.29 is 0 Å². The van der Waals surface area contributed by atoms with E-state index in [0.717, 1.165) is 6.42 Å². The summed E-state index contributed by atoms with van der Waals surface area (Å²) in [6.07, 6.45) is 14.8. The first kappa shape index (κ1) is 14.3. The third-order valence-electron chi connectivity index (χ3n) is 3.33. The fraction of sp³-hybridized carbons (Fsp3) is 0.800. The summed E-state index contributed by atoms with van der Waals surface area (Å²) in [4.78, 5) is 0. The van der Waals surface area contributed by atoms with Crippen molar-refractivity contribution >= 4 is 5.71 Å². The molecule has 1 heterocycles. The second-order valence-corrected chi connectivity index (χ2v) is 4.94. The molecule has 1 aliphatic rings. The largest absolute Gasteiger partial charge is 0.159 e. The molecular formula is C15H27N2. The van der Waals surface area contributed by atoms with Gasteiger partial charge in [-0.2, -0.15) is 10.5 Å². The summed E-state index contributed by atoms with van der Waals surface area (Å²) < 4.78 is 0. The number of nitrogens with zero attached hydrogens (tertiary/aromatic N) is 2. The topological polar surface area (TPSA) is 26.5 Å². The highest BCUT2D eigenvalue weighted by molar-refractivity contribution is 6.01. The lowest BCUT2D eigenvalue weighted by Gasteiger charge is -2.05. The summed E-state index contributed by atoms with van der Waals surface area (Å²) in [7, 11) is 0. The standard InChI is InChI=1S/C15H27N2/c1-3-5-7-9-11-14-13-16-17-15(14)12-10-8-6-4-2/h13H,3-12H2,1-2H3. The minimum atomic E-state index is 1.13. The van der Waals surface area contributed by atoms with Gasteiger partial charge in [0.2, 0.25) is 0 Å². The molecule has 0 unspecified atom stereocenters. The molecule has 0 aromatic carbocycles. The lowest BCUT2D eigenvalue weighted by Crippen LogP contribution is -2.00. The third kappa shape index (κ3) is 5.90. The van der Waals surface area contributed by atoms with Crippen LogP contribution in [0.5, 0.6) is 0 Å². The van der Waals surface area contributed by atoms with Crippen molar-refractivity contribution in [1.82, 2.24) is 5.43 Å². The number of unbranched alkanes of at least 4 members (excludes halogenated alkanes) is 6. The van der Waals surface area contributed by atoms with Crippen LogP contribution in [0.3, 0.4) is 0 Å². The van der Waals surface area contributed by atoms with Gasteiger partial charge in [-0.15, -0.1) is 0 Å². The van der Waals surface area contributed by atoms with Crippen molar-refractivity contribution in [2.24, 2.45) is 5.10 Å². The Kier molecular flexibility index (Phi) is 7.78. The molecule has 0 aliphatic carbocycles. The van der Waals surface area contributed by atoms with Gasteiger partial charge in [-0.05, 0) is 31.3 Å². The van der Waals surface area contributed by atoms with Gasteiger partial charge < -0.3 is 0 Å². The second kappa shape index (κ2) is 9.26. The molecule has 1 aliphatic heterocycles. The number of allylic oxidation sites excluding steroid dienone is 1. The molecule has 0 saturated carbocycles. The van der Waals surface area contributed by atoms with Crippen molar-refractivity contribution in [3.63, 3.8) is 0 Å². The lowest BCUT2D eigenvalue weighted by molar-refractivity contribution is 0.665. The first-order chi connectivity index (χ1) is 8.38. The third-order valence-corrected chi connectivity index (χ3v) is 3.33. The highest BCUT2D eigenvalue weighted by Crippen LogP contribution is 2.18. The van der Waals surface area contributed by atoms with Gasteiger partial charge in [-0.3, -0.25) is 0 Å². The summed E-state index contributed by atoms with van der Waals surface area (Å²) in [6.45, 7) is 4.51. The Bertz CT molecular complexity index is 228. The molecule has 2 heteroatoms. The van der Waals surface area contributed by atoms with Crippen LogP contribution in [0, 0.1) is 0 Å². The summed E-state index contributed by atoms with van der Waals surface area (Å²) in [5, 5.41) is 4.26. The Hall–Kier alpha value is -0.790. The maximum Gasteiger partial charge on any atom is 0.0678 e. The van der Waals surface area contributed by atoms with E-state index in [4.69, 9.17) is 0 Å². The van der Waals surface area contributed by atoms with Gasteiger partial charge in [-0.25, -0.2) is 0 Å². The Morgan fingerprint density at radius 2 is 1.47 bits per heavy atom. The maximum absolute atomic E-state index is 4.26. The van der Waals surface area contributed by atoms with Crippen LogP contribution in [-0.2, 0) is 0 Å². The average molecular weight is 235 g/mol. The molecule has 0 bridgehead atoms. The van der Waals surface area contributed by atoms with Gasteiger partial charge in [0.15, 0.2) is 0 Å². The number of hydrogen-bond acceptors (Lipinski definition) is 1. The number of hydrogen-bond donors (Lipinski definition) is 0. The average Bonchev–Trinajstić information content (AvgIpc) is 2.78. The van der Waals surface area contributed by atoms with Crippen LogP contribution in [0.2, 0.25) is 0 Å². The highest BCUT2D eigenvalue weighted by Gasteiger charge is 2.12. The molecule has 0 N–H and O–H groups in total. The van der Waals surface area contributed by atoms with Crippen LogP contribution >= 0.6 is 0 Å². The van der Waals surface area contributed by atoms with E-state index in [2.05, 4.69) is 24.4 Å². The summed E-state index contributed by atoms with van der Waals surface area (Å²) >= 11 is 0. The fourth-order valence-electron chi connectivity index (χ4n) is 2.19. The van der Waals surface area contributed by atoms with E-state index in [0.29, 0.717) is 0 Å². The first-order valence-electron chi connectivity index (χ1n) is 7.34. The normalized spacial score (nSPS) is 14.5. The highest BCUT2D eigenvalue weighted by atomic mass is 15.3. The van der Waals surface area contributed by atoms with Gasteiger partial charge in [-0.1, -0.05) is 52.4 Å². The van der Waals surface area contributed by atoms with Crippen molar-refractivity contribution in [3.8, 4) is 0 Å². The van der Waals surface area contributed by atoms with E-state index in [1.807, 2.05) is 6.20 Å². The Morgan fingerprint density at radius 1 is 0.824 bits per heavy atom. The molecular weight excluding hydrogens is 208 g/mol. The van der Waals surface area contributed by atoms with Crippen LogP contribution in [0.1, 0.15) is 78.1 Å². The lowest BCUT2D eigenvalue weighted by atomic mass is 9.99. The van der Waals surface area contributed by atoms with Crippen LogP contribution < -0.4 is 5.43 Å². The van der Waals surface area contributed by atoms with Crippen molar-refractivity contribution in [2.45, 2.75) is 78.1 Å². The van der Waals surface area contributed by atoms with E-state index in [1.54, 1.807) is 0 Å². The Morgan fingerprint density at radius 3 is 2.12 bits per heavy atom. The Balaban J connectivity index is 2.14. The Labute approximate surface area is 107 Å². The van der Waals surface area contributed by atoms with Gasteiger partial charge in [0.25, 0.3) is 0 Å². The maximum atomic E-state index is 4.26. The molecule has 0 saturated heterocycles. The van der Waals surface area contributed by atoms with E-state index in [1.165, 1.54) is 69.1 Å². The van der Waals surface area contributed by atoms with Crippen LogP contribution in [0.4, 0.5) is 0 Å². The smallest absolute Gasteiger partial charge is 0.0678 e. The van der Waals surface area contributed by atoms with Gasteiger partial charge >= 0.3 is 0 Å². The van der Waals surface area contributed by atoms with Crippen molar-refractivity contribution in [1.29, 1.82) is 0 Å². The molecule has 0 atom stereocenters. The van der Waals surface area contributed by atoms with Crippen LogP contribution in [0.25, 0.3) is 0 Å². The van der Waals surface area contributed by atoms with Gasteiger partial charge in [0.1, 0.15) is 0 Å².